The first-order chi connectivity index (χ1) is 8.74. The number of benzene rings is 1. The molecule has 1 fully saturated rings. The molecule has 0 radical (unpaired) electrons. The Morgan fingerprint density at radius 3 is 2.50 bits per heavy atom. The molecule has 3 rings (SSSR count). The molecule has 5 heteroatoms. The summed E-state index contributed by atoms with van der Waals surface area (Å²) in [4.78, 5) is 10.2. The molecule has 18 heavy (non-hydrogen) atoms. The van der Waals surface area contributed by atoms with Gasteiger partial charge in [-0.15, -0.1) is 0 Å². The lowest BCUT2D eigenvalue weighted by Crippen LogP contribution is -2.34. The lowest BCUT2D eigenvalue weighted by atomic mass is 10.1. The summed E-state index contributed by atoms with van der Waals surface area (Å²) in [6.07, 6.45) is 1.09. The van der Waals surface area contributed by atoms with Crippen LogP contribution in [0.4, 0.5) is 5.69 Å². The van der Waals surface area contributed by atoms with Gasteiger partial charge in [0.05, 0.1) is 11.0 Å². The summed E-state index contributed by atoms with van der Waals surface area (Å²) in [5.41, 5.74) is 0.942. The molecule has 0 spiro atoms. The molecular weight excluding hydrogens is 232 g/mol. The molecule has 0 amide bonds. The van der Waals surface area contributed by atoms with Gasteiger partial charge in [-0.1, -0.05) is 0 Å². The van der Waals surface area contributed by atoms with Gasteiger partial charge in [0.25, 0.3) is 5.69 Å². The maximum Gasteiger partial charge on any atom is 0.269 e. The summed E-state index contributed by atoms with van der Waals surface area (Å²) in [7, 11) is 0. The van der Waals surface area contributed by atoms with E-state index in [1.165, 1.54) is 12.1 Å². The molecule has 1 saturated heterocycles. The number of non-ortho nitro benzene ring substituents is 1. The summed E-state index contributed by atoms with van der Waals surface area (Å²) in [6, 6.07) is 10.5. The molecule has 1 aliphatic rings. The molecule has 0 aliphatic carbocycles. The highest BCUT2D eigenvalue weighted by molar-refractivity contribution is 5.59. The van der Waals surface area contributed by atoms with E-state index in [1.54, 1.807) is 12.1 Å². The van der Waals surface area contributed by atoms with Crippen LogP contribution in [0.15, 0.2) is 40.8 Å². The molecular formula is C13H12N2O3. The predicted octanol–water partition coefficient (Wildman–Crippen LogP) is 2.89. The predicted molar refractivity (Wildman–Crippen MR) is 66.2 cm³/mol. The molecule has 5 nitrogen and oxygen atoms in total. The maximum atomic E-state index is 10.6. The Balaban J connectivity index is 1.85. The van der Waals surface area contributed by atoms with Crippen LogP contribution in [0.5, 0.6) is 0 Å². The van der Waals surface area contributed by atoms with Crippen LogP contribution in [0.2, 0.25) is 0 Å². The number of nitro groups is 1. The molecule has 1 N–H and O–H groups in total. The van der Waals surface area contributed by atoms with Crippen molar-refractivity contribution in [3.63, 3.8) is 0 Å². The van der Waals surface area contributed by atoms with Gasteiger partial charge in [-0.25, -0.2) is 0 Å². The van der Waals surface area contributed by atoms with Crippen LogP contribution in [0, 0.1) is 10.1 Å². The molecule has 0 saturated carbocycles. The number of nitro benzene ring substituents is 1. The number of rotatable bonds is 3. The fourth-order valence-electron chi connectivity index (χ4n) is 1.97. The highest BCUT2D eigenvalue weighted by Gasteiger charge is 2.22. The van der Waals surface area contributed by atoms with E-state index in [4.69, 9.17) is 4.42 Å². The fraction of sp³-hybridized carbons (Fsp3) is 0.231. The van der Waals surface area contributed by atoms with Crippen molar-refractivity contribution < 1.29 is 9.34 Å². The van der Waals surface area contributed by atoms with Crippen molar-refractivity contribution in [3.8, 4) is 11.3 Å². The second-order valence-electron chi connectivity index (χ2n) is 4.30. The second-order valence-corrected chi connectivity index (χ2v) is 4.30. The monoisotopic (exact) mass is 244 g/mol. The summed E-state index contributed by atoms with van der Waals surface area (Å²) < 4.78 is 5.74. The lowest BCUT2D eigenvalue weighted by molar-refractivity contribution is -0.384. The molecule has 2 heterocycles. The van der Waals surface area contributed by atoms with Gasteiger partial charge in [0.15, 0.2) is 0 Å². The van der Waals surface area contributed by atoms with Gasteiger partial charge in [0.1, 0.15) is 11.5 Å². The third-order valence-corrected chi connectivity index (χ3v) is 3.16. The largest absolute Gasteiger partial charge is 0.459 e. The second kappa shape index (κ2) is 4.27. The normalized spacial score (nSPS) is 18.3. The summed E-state index contributed by atoms with van der Waals surface area (Å²) >= 11 is 0. The van der Waals surface area contributed by atoms with Gasteiger partial charge in [0, 0.05) is 17.7 Å². The molecule has 1 aromatic carbocycles. The number of furan rings is 1. The van der Waals surface area contributed by atoms with E-state index in [0.717, 1.165) is 30.0 Å². The van der Waals surface area contributed by atoms with Crippen LogP contribution < -0.4 is 5.32 Å². The minimum atomic E-state index is -0.407. The first-order valence-corrected chi connectivity index (χ1v) is 5.82. The molecule has 1 unspecified atom stereocenters. The summed E-state index contributed by atoms with van der Waals surface area (Å²) in [5.74, 6) is 1.67. The van der Waals surface area contributed by atoms with E-state index in [-0.39, 0.29) is 5.69 Å². The molecule has 92 valence electrons. The third-order valence-electron chi connectivity index (χ3n) is 3.16. The van der Waals surface area contributed by atoms with Crippen LogP contribution in [0.1, 0.15) is 18.2 Å². The highest BCUT2D eigenvalue weighted by Crippen LogP contribution is 2.30. The van der Waals surface area contributed by atoms with Crippen molar-refractivity contribution >= 4 is 5.69 Å². The first-order valence-electron chi connectivity index (χ1n) is 5.82. The van der Waals surface area contributed by atoms with Crippen LogP contribution in [-0.2, 0) is 0 Å². The van der Waals surface area contributed by atoms with Crippen molar-refractivity contribution in [3.05, 3.63) is 52.3 Å². The van der Waals surface area contributed by atoms with Gasteiger partial charge >= 0.3 is 0 Å². The molecule has 1 aliphatic heterocycles. The average Bonchev–Trinajstić information content (AvgIpc) is 2.76. The topological polar surface area (TPSA) is 68.3 Å². The minimum absolute atomic E-state index is 0.0891. The highest BCUT2D eigenvalue weighted by atomic mass is 16.6. The Labute approximate surface area is 104 Å². The van der Waals surface area contributed by atoms with E-state index >= 15 is 0 Å². The molecule has 0 bridgehead atoms. The standard InChI is InChI=1S/C13H12N2O3/c16-15(17)10-3-1-9(2-4-10)12-5-6-13(18-12)11-7-8-14-11/h1-6,11,14H,7-8H2. The van der Waals surface area contributed by atoms with Crippen molar-refractivity contribution in [2.24, 2.45) is 0 Å². The zero-order chi connectivity index (χ0) is 12.5. The van der Waals surface area contributed by atoms with E-state index < -0.39 is 4.92 Å². The van der Waals surface area contributed by atoms with Gasteiger partial charge < -0.3 is 9.73 Å². The van der Waals surface area contributed by atoms with E-state index in [1.807, 2.05) is 12.1 Å². The van der Waals surface area contributed by atoms with Gasteiger partial charge in [0.2, 0.25) is 0 Å². The molecule has 1 aromatic heterocycles. The Hall–Kier alpha value is -2.14. The maximum absolute atomic E-state index is 10.6. The SMILES string of the molecule is O=[N+]([O-])c1ccc(-c2ccc(C3CCN3)o2)cc1. The van der Waals surface area contributed by atoms with E-state index in [0.29, 0.717) is 6.04 Å². The van der Waals surface area contributed by atoms with E-state index in [9.17, 15) is 10.1 Å². The Morgan fingerprint density at radius 1 is 1.22 bits per heavy atom. The van der Waals surface area contributed by atoms with Crippen molar-refractivity contribution in [2.45, 2.75) is 12.5 Å². The summed E-state index contributed by atoms with van der Waals surface area (Å²) in [6.45, 7) is 1.03. The Morgan fingerprint density at radius 2 is 1.94 bits per heavy atom. The quantitative estimate of drug-likeness (QED) is 0.665. The molecule has 1 atom stereocenters. The first kappa shape index (κ1) is 11.0. The van der Waals surface area contributed by atoms with Crippen LogP contribution >= 0.6 is 0 Å². The van der Waals surface area contributed by atoms with Gasteiger partial charge in [-0.2, -0.15) is 0 Å². The zero-order valence-corrected chi connectivity index (χ0v) is 9.63. The number of hydrogen-bond acceptors (Lipinski definition) is 4. The van der Waals surface area contributed by atoms with Crippen LogP contribution in [0.25, 0.3) is 11.3 Å². The molecule has 2 aromatic rings. The minimum Gasteiger partial charge on any atom is -0.459 e. The summed E-state index contributed by atoms with van der Waals surface area (Å²) in [5, 5.41) is 13.8. The van der Waals surface area contributed by atoms with E-state index in [2.05, 4.69) is 5.32 Å². The van der Waals surface area contributed by atoms with Crippen molar-refractivity contribution in [1.82, 2.24) is 5.32 Å². The number of hydrogen-bond donors (Lipinski definition) is 1. The number of nitrogens with one attached hydrogen (secondary N) is 1. The number of nitrogens with zero attached hydrogens (tertiary/aromatic N) is 1. The fourth-order valence-corrected chi connectivity index (χ4v) is 1.97. The van der Waals surface area contributed by atoms with Crippen molar-refractivity contribution in [1.29, 1.82) is 0 Å². The van der Waals surface area contributed by atoms with Crippen LogP contribution in [-0.4, -0.2) is 11.5 Å². The lowest BCUT2D eigenvalue weighted by Gasteiger charge is -2.25. The van der Waals surface area contributed by atoms with Gasteiger partial charge in [-0.3, -0.25) is 10.1 Å². The Bertz CT molecular complexity index is 570. The third kappa shape index (κ3) is 1.89. The average molecular weight is 244 g/mol. The van der Waals surface area contributed by atoms with Gasteiger partial charge in [-0.05, 0) is 37.2 Å². The van der Waals surface area contributed by atoms with Crippen molar-refractivity contribution in [2.75, 3.05) is 6.54 Å². The Kier molecular flexibility index (Phi) is 2.60. The smallest absolute Gasteiger partial charge is 0.269 e. The van der Waals surface area contributed by atoms with Crippen LogP contribution in [0.3, 0.4) is 0 Å². The zero-order valence-electron chi connectivity index (χ0n) is 9.63.